The zero-order chi connectivity index (χ0) is 12.3. The number of rotatable bonds is 11. The van der Waals surface area contributed by atoms with Crippen molar-refractivity contribution in [2.24, 2.45) is 0 Å². The van der Waals surface area contributed by atoms with Crippen molar-refractivity contribution >= 4 is 8.80 Å². The second-order valence-electron chi connectivity index (χ2n) is 3.79. The van der Waals surface area contributed by atoms with E-state index in [0.717, 1.165) is 12.5 Å². The third-order valence-electron chi connectivity index (χ3n) is 2.43. The van der Waals surface area contributed by atoms with Crippen LogP contribution in [-0.2, 0) is 13.3 Å². The van der Waals surface area contributed by atoms with Crippen LogP contribution < -0.4 is 6.15 Å². The summed E-state index contributed by atoms with van der Waals surface area (Å²) < 4.78 is 17.4. The van der Waals surface area contributed by atoms with E-state index in [1.807, 2.05) is 20.8 Å². The summed E-state index contributed by atoms with van der Waals surface area (Å²) in [6, 6.07) is 0.961. The fraction of sp³-hybridized carbons (Fsp3) is 1.00. The van der Waals surface area contributed by atoms with Gasteiger partial charge in [0.1, 0.15) is 0 Å². The van der Waals surface area contributed by atoms with Crippen molar-refractivity contribution in [3.05, 3.63) is 0 Å². The zero-order valence-electron chi connectivity index (χ0n) is 12.1. The fourth-order valence-electron chi connectivity index (χ4n) is 1.77. The number of hydrogen-bond acceptors (Lipinski definition) is 4. The molecule has 0 bridgehead atoms. The Kier molecular flexibility index (Phi) is 14.3. The molecule has 0 aliphatic heterocycles. The van der Waals surface area contributed by atoms with Gasteiger partial charge in [0, 0.05) is 25.9 Å². The quantitative estimate of drug-likeness (QED) is 0.456. The fourth-order valence-corrected chi connectivity index (χ4v) is 4.46. The normalized spacial score (nSPS) is 11.3. The van der Waals surface area contributed by atoms with Gasteiger partial charge in [-0.3, -0.25) is 0 Å². The Bertz CT molecular complexity index is 142. The van der Waals surface area contributed by atoms with Gasteiger partial charge >= 0.3 is 8.80 Å². The molecule has 0 aromatic heterocycles. The molecule has 0 saturated carbocycles. The van der Waals surface area contributed by atoms with Crippen LogP contribution in [0.1, 0.15) is 53.4 Å². The standard InChI is InChI=1S/C12H28O3Si.H3N/c1-5-9-10-11-12-16(13-6-2,14-7-3)15-8-4;/h5-12H2,1-4H3;1H3. The van der Waals surface area contributed by atoms with Gasteiger partial charge < -0.3 is 19.4 Å². The molecule has 0 saturated heterocycles. The molecule has 0 aromatic carbocycles. The van der Waals surface area contributed by atoms with E-state index in [1.165, 1.54) is 19.3 Å². The van der Waals surface area contributed by atoms with E-state index in [9.17, 15) is 0 Å². The van der Waals surface area contributed by atoms with Crippen LogP contribution in [0.3, 0.4) is 0 Å². The summed E-state index contributed by atoms with van der Waals surface area (Å²) in [4.78, 5) is 0. The minimum absolute atomic E-state index is 0. The topological polar surface area (TPSA) is 62.7 Å². The molecule has 0 amide bonds. The Morgan fingerprint density at radius 1 is 0.706 bits per heavy atom. The van der Waals surface area contributed by atoms with Crippen LogP contribution in [0.2, 0.25) is 6.04 Å². The second-order valence-corrected chi connectivity index (χ2v) is 6.52. The highest BCUT2D eigenvalue weighted by Crippen LogP contribution is 2.20. The molecule has 0 spiro atoms. The maximum absolute atomic E-state index is 5.79. The SMILES string of the molecule is CCCCCC[Si](OCC)(OCC)OCC.N. The second kappa shape index (κ2) is 12.5. The highest BCUT2D eigenvalue weighted by Gasteiger charge is 2.39. The van der Waals surface area contributed by atoms with Gasteiger partial charge in [-0.15, -0.1) is 0 Å². The Morgan fingerprint density at radius 2 is 1.18 bits per heavy atom. The number of unbranched alkanes of at least 4 members (excludes halogenated alkanes) is 3. The van der Waals surface area contributed by atoms with E-state index < -0.39 is 8.80 Å². The Hall–Kier alpha value is 0.0569. The molecule has 106 valence electrons. The predicted molar refractivity (Wildman–Crippen MR) is 74.6 cm³/mol. The summed E-state index contributed by atoms with van der Waals surface area (Å²) >= 11 is 0. The van der Waals surface area contributed by atoms with Crippen molar-refractivity contribution in [1.82, 2.24) is 6.15 Å². The molecule has 0 rings (SSSR count). The zero-order valence-corrected chi connectivity index (χ0v) is 13.1. The van der Waals surface area contributed by atoms with Crippen LogP contribution in [0.4, 0.5) is 0 Å². The van der Waals surface area contributed by atoms with Crippen molar-refractivity contribution in [2.75, 3.05) is 19.8 Å². The van der Waals surface area contributed by atoms with Crippen LogP contribution in [0.15, 0.2) is 0 Å². The van der Waals surface area contributed by atoms with Gasteiger partial charge in [0.05, 0.1) is 0 Å². The van der Waals surface area contributed by atoms with Crippen LogP contribution in [0.5, 0.6) is 0 Å². The molecule has 0 aromatic rings. The van der Waals surface area contributed by atoms with Crippen LogP contribution in [0, 0.1) is 0 Å². The minimum atomic E-state index is -2.35. The van der Waals surface area contributed by atoms with Crippen molar-refractivity contribution in [1.29, 1.82) is 0 Å². The van der Waals surface area contributed by atoms with Crippen molar-refractivity contribution < 1.29 is 13.3 Å². The van der Waals surface area contributed by atoms with Crippen molar-refractivity contribution in [3.8, 4) is 0 Å². The van der Waals surface area contributed by atoms with Crippen LogP contribution in [0.25, 0.3) is 0 Å². The lowest BCUT2D eigenvalue weighted by Crippen LogP contribution is -2.45. The van der Waals surface area contributed by atoms with Gasteiger partial charge in [0.2, 0.25) is 0 Å². The number of hydrogen-bond donors (Lipinski definition) is 1. The third kappa shape index (κ3) is 8.74. The van der Waals surface area contributed by atoms with Gasteiger partial charge in [-0.25, -0.2) is 0 Å². The third-order valence-corrected chi connectivity index (χ3v) is 5.58. The van der Waals surface area contributed by atoms with Gasteiger partial charge in [0.15, 0.2) is 0 Å². The summed E-state index contributed by atoms with van der Waals surface area (Å²) in [5.74, 6) is 0. The minimum Gasteiger partial charge on any atom is -0.374 e. The smallest absolute Gasteiger partial charge is 0.374 e. The monoisotopic (exact) mass is 265 g/mol. The first-order valence-corrected chi connectivity index (χ1v) is 8.59. The molecular weight excluding hydrogens is 234 g/mol. The highest BCUT2D eigenvalue weighted by molar-refractivity contribution is 6.60. The average Bonchev–Trinajstić information content (AvgIpc) is 2.26. The Labute approximate surface area is 108 Å². The lowest BCUT2D eigenvalue weighted by Gasteiger charge is -2.28. The van der Waals surface area contributed by atoms with E-state index in [1.54, 1.807) is 0 Å². The molecule has 0 unspecified atom stereocenters. The van der Waals surface area contributed by atoms with E-state index in [4.69, 9.17) is 13.3 Å². The first-order chi connectivity index (χ1) is 7.74. The van der Waals surface area contributed by atoms with Crippen molar-refractivity contribution in [2.45, 2.75) is 59.4 Å². The Morgan fingerprint density at radius 3 is 1.53 bits per heavy atom. The van der Waals surface area contributed by atoms with Gasteiger partial charge in [-0.05, 0) is 27.2 Å². The van der Waals surface area contributed by atoms with Crippen molar-refractivity contribution in [3.63, 3.8) is 0 Å². The van der Waals surface area contributed by atoms with Gasteiger partial charge in [-0.2, -0.15) is 0 Å². The molecule has 4 nitrogen and oxygen atoms in total. The molecule has 3 N–H and O–H groups in total. The molecule has 0 aliphatic carbocycles. The van der Waals surface area contributed by atoms with E-state index in [0.29, 0.717) is 19.8 Å². The van der Waals surface area contributed by atoms with Gasteiger partial charge in [-0.1, -0.05) is 26.2 Å². The van der Waals surface area contributed by atoms with E-state index >= 15 is 0 Å². The molecule has 0 radical (unpaired) electrons. The van der Waals surface area contributed by atoms with Crippen LogP contribution in [-0.4, -0.2) is 28.6 Å². The molecule has 5 heteroatoms. The molecule has 17 heavy (non-hydrogen) atoms. The summed E-state index contributed by atoms with van der Waals surface area (Å²) in [7, 11) is -2.35. The summed E-state index contributed by atoms with van der Waals surface area (Å²) in [6.07, 6.45) is 4.94. The van der Waals surface area contributed by atoms with Crippen LogP contribution >= 0.6 is 0 Å². The lowest BCUT2D eigenvalue weighted by atomic mass is 10.2. The lowest BCUT2D eigenvalue weighted by molar-refractivity contribution is 0.0706. The molecule has 0 fully saturated rings. The molecule has 0 aliphatic rings. The first-order valence-electron chi connectivity index (χ1n) is 6.66. The molecule has 0 atom stereocenters. The maximum atomic E-state index is 5.79. The summed E-state index contributed by atoms with van der Waals surface area (Å²) in [5.41, 5.74) is 0. The molecule has 0 heterocycles. The predicted octanol–water partition coefficient (Wildman–Crippen LogP) is 3.78. The average molecular weight is 265 g/mol. The largest absolute Gasteiger partial charge is 0.500 e. The Balaban J connectivity index is 0. The molecular formula is C12H31NO3Si. The van der Waals surface area contributed by atoms with Gasteiger partial charge in [0.25, 0.3) is 0 Å². The summed E-state index contributed by atoms with van der Waals surface area (Å²) in [6.45, 7) is 10.3. The summed E-state index contributed by atoms with van der Waals surface area (Å²) in [5, 5.41) is 0. The van der Waals surface area contributed by atoms with E-state index in [2.05, 4.69) is 6.92 Å². The first kappa shape index (κ1) is 19.4. The van der Waals surface area contributed by atoms with E-state index in [-0.39, 0.29) is 6.15 Å². The maximum Gasteiger partial charge on any atom is 0.500 e. The highest BCUT2D eigenvalue weighted by atomic mass is 28.4.